The van der Waals surface area contributed by atoms with Gasteiger partial charge in [-0.05, 0) is 6.92 Å². The number of benzene rings is 1. The monoisotopic (exact) mass is 264 g/mol. The van der Waals surface area contributed by atoms with Gasteiger partial charge in [0.15, 0.2) is 11.0 Å². The highest BCUT2D eigenvalue weighted by Gasteiger charge is 2.11. The Morgan fingerprint density at radius 2 is 2.06 bits per heavy atom. The summed E-state index contributed by atoms with van der Waals surface area (Å²) in [5.41, 5.74) is 5.15. The van der Waals surface area contributed by atoms with E-state index in [1.807, 2.05) is 31.2 Å². The number of rotatable bonds is 4. The zero-order valence-corrected chi connectivity index (χ0v) is 10.6. The van der Waals surface area contributed by atoms with Crippen LogP contribution in [0.25, 0.3) is 10.8 Å². The molecule has 1 amide bonds. The topological polar surface area (TPSA) is 80.9 Å². The average molecular weight is 265 g/mol. The summed E-state index contributed by atoms with van der Waals surface area (Å²) < 4.78 is 0. The number of hydrogen-bond donors (Lipinski definition) is 2. The molecule has 5 nitrogen and oxygen atoms in total. The first-order valence-corrected chi connectivity index (χ1v) is 5.91. The molecule has 0 spiro atoms. The molecule has 6 heteroatoms. The van der Waals surface area contributed by atoms with Crippen molar-refractivity contribution in [1.29, 1.82) is 0 Å². The number of aromatic nitrogens is 2. The largest absolute Gasteiger partial charge is 0.370 e. The fraction of sp³-hybridized carbons (Fsp3) is 0.250. The van der Waals surface area contributed by atoms with Crippen molar-refractivity contribution in [2.75, 3.05) is 5.32 Å². The number of primary amides is 1. The first-order valence-electron chi connectivity index (χ1n) is 5.53. The predicted octanol–water partition coefficient (Wildman–Crippen LogP) is 1.96. The summed E-state index contributed by atoms with van der Waals surface area (Å²) in [7, 11) is 0. The molecule has 1 unspecified atom stereocenters. The van der Waals surface area contributed by atoms with Gasteiger partial charge in [0.2, 0.25) is 5.91 Å². The maximum Gasteiger partial charge on any atom is 0.219 e. The first kappa shape index (κ1) is 12.6. The molecule has 1 aromatic carbocycles. The van der Waals surface area contributed by atoms with Crippen LogP contribution in [0.5, 0.6) is 0 Å². The molecule has 0 aliphatic rings. The number of nitrogens with zero attached hydrogens (tertiary/aromatic N) is 2. The van der Waals surface area contributed by atoms with Gasteiger partial charge < -0.3 is 11.1 Å². The molecule has 1 atom stereocenters. The van der Waals surface area contributed by atoms with Gasteiger partial charge in [0, 0.05) is 23.2 Å². The number of amides is 1. The van der Waals surface area contributed by atoms with Crippen LogP contribution < -0.4 is 11.1 Å². The lowest BCUT2D eigenvalue weighted by atomic mass is 10.1. The summed E-state index contributed by atoms with van der Waals surface area (Å²) in [5.74, 6) is 0.241. The van der Waals surface area contributed by atoms with Gasteiger partial charge in [-0.2, -0.15) is 0 Å². The van der Waals surface area contributed by atoms with Gasteiger partial charge in [-0.15, -0.1) is 10.2 Å². The zero-order chi connectivity index (χ0) is 13.1. The van der Waals surface area contributed by atoms with Crippen molar-refractivity contribution in [3.63, 3.8) is 0 Å². The molecule has 0 aliphatic carbocycles. The maximum absolute atomic E-state index is 10.8. The fourth-order valence-corrected chi connectivity index (χ4v) is 1.97. The molecule has 0 saturated carbocycles. The third-order valence-electron chi connectivity index (χ3n) is 2.53. The van der Waals surface area contributed by atoms with Crippen LogP contribution in [-0.2, 0) is 4.79 Å². The number of fused-ring (bicyclic) bond motifs is 1. The van der Waals surface area contributed by atoms with E-state index < -0.39 is 0 Å². The number of halogens is 1. The molecule has 18 heavy (non-hydrogen) atoms. The normalized spacial score (nSPS) is 12.3. The van der Waals surface area contributed by atoms with E-state index in [1.54, 1.807) is 0 Å². The first-order chi connectivity index (χ1) is 8.58. The molecule has 1 aromatic heterocycles. The van der Waals surface area contributed by atoms with E-state index >= 15 is 0 Å². The van der Waals surface area contributed by atoms with Crippen LogP contribution in [0.4, 0.5) is 5.82 Å². The molecule has 94 valence electrons. The van der Waals surface area contributed by atoms with Crippen molar-refractivity contribution in [3.8, 4) is 0 Å². The Labute approximate surface area is 109 Å². The second-order valence-electron chi connectivity index (χ2n) is 4.10. The van der Waals surface area contributed by atoms with E-state index in [9.17, 15) is 4.79 Å². The molecule has 2 rings (SSSR count). The third-order valence-corrected chi connectivity index (χ3v) is 2.81. The van der Waals surface area contributed by atoms with Gasteiger partial charge in [-0.1, -0.05) is 35.9 Å². The van der Waals surface area contributed by atoms with E-state index in [0.29, 0.717) is 11.0 Å². The number of carbonyl (C=O) groups is 1. The van der Waals surface area contributed by atoms with Crippen molar-refractivity contribution < 1.29 is 4.79 Å². The molecule has 0 radical (unpaired) electrons. The van der Waals surface area contributed by atoms with Crippen molar-refractivity contribution in [2.45, 2.75) is 19.4 Å². The Hall–Kier alpha value is -1.88. The van der Waals surface area contributed by atoms with E-state index in [0.717, 1.165) is 10.8 Å². The molecule has 0 fully saturated rings. The minimum Gasteiger partial charge on any atom is -0.370 e. The molecule has 0 aliphatic heterocycles. The highest BCUT2D eigenvalue weighted by Crippen LogP contribution is 2.25. The molecule has 2 aromatic rings. The lowest BCUT2D eigenvalue weighted by Crippen LogP contribution is -2.24. The fourth-order valence-electron chi connectivity index (χ4n) is 1.76. The van der Waals surface area contributed by atoms with Crippen LogP contribution in [0.15, 0.2) is 24.3 Å². The van der Waals surface area contributed by atoms with Crippen molar-refractivity contribution in [2.24, 2.45) is 5.73 Å². The Kier molecular flexibility index (Phi) is 3.62. The number of carbonyl (C=O) groups excluding carboxylic acids is 1. The summed E-state index contributed by atoms with van der Waals surface area (Å²) in [5, 5.41) is 13.0. The Bertz CT molecular complexity index is 587. The van der Waals surface area contributed by atoms with Gasteiger partial charge in [-0.3, -0.25) is 4.79 Å². The van der Waals surface area contributed by atoms with Gasteiger partial charge in [-0.25, -0.2) is 0 Å². The van der Waals surface area contributed by atoms with E-state index in [4.69, 9.17) is 17.3 Å². The Morgan fingerprint density at radius 3 is 2.72 bits per heavy atom. The van der Waals surface area contributed by atoms with Gasteiger partial charge in [0.25, 0.3) is 0 Å². The molecule has 3 N–H and O–H groups in total. The highest BCUT2D eigenvalue weighted by atomic mass is 35.5. The smallest absolute Gasteiger partial charge is 0.219 e. The van der Waals surface area contributed by atoms with Crippen molar-refractivity contribution >= 4 is 34.1 Å². The number of nitrogens with two attached hydrogens (primary N) is 1. The van der Waals surface area contributed by atoms with Crippen molar-refractivity contribution in [1.82, 2.24) is 10.2 Å². The average Bonchev–Trinajstić information content (AvgIpc) is 2.32. The van der Waals surface area contributed by atoms with Crippen LogP contribution in [-0.4, -0.2) is 22.1 Å². The van der Waals surface area contributed by atoms with Crippen LogP contribution in [0.2, 0.25) is 5.15 Å². The van der Waals surface area contributed by atoms with Crippen LogP contribution in [0, 0.1) is 0 Å². The minimum absolute atomic E-state index is 0.110. The summed E-state index contributed by atoms with van der Waals surface area (Å²) in [4.78, 5) is 10.8. The number of hydrogen-bond acceptors (Lipinski definition) is 4. The van der Waals surface area contributed by atoms with E-state index in [-0.39, 0.29) is 18.4 Å². The maximum atomic E-state index is 10.8. The molecule has 0 bridgehead atoms. The summed E-state index contributed by atoms with van der Waals surface area (Å²) in [6, 6.07) is 7.43. The van der Waals surface area contributed by atoms with Crippen LogP contribution >= 0.6 is 11.6 Å². The van der Waals surface area contributed by atoms with Gasteiger partial charge in [0.05, 0.1) is 0 Å². The zero-order valence-electron chi connectivity index (χ0n) is 9.85. The Morgan fingerprint density at radius 1 is 1.39 bits per heavy atom. The standard InChI is InChI=1S/C12H13ClN4O/c1-7(6-10(14)18)15-12-9-5-3-2-4-8(9)11(13)16-17-12/h2-5,7H,6H2,1H3,(H2,14,18)(H,15,17). The van der Waals surface area contributed by atoms with E-state index in [2.05, 4.69) is 15.5 Å². The summed E-state index contributed by atoms with van der Waals surface area (Å²) in [6.45, 7) is 1.86. The van der Waals surface area contributed by atoms with Gasteiger partial charge >= 0.3 is 0 Å². The summed E-state index contributed by atoms with van der Waals surface area (Å²) in [6.07, 6.45) is 0.235. The third kappa shape index (κ3) is 2.68. The number of anilines is 1. The van der Waals surface area contributed by atoms with Gasteiger partial charge in [0.1, 0.15) is 0 Å². The molecular weight excluding hydrogens is 252 g/mol. The van der Waals surface area contributed by atoms with Crippen LogP contribution in [0.1, 0.15) is 13.3 Å². The number of nitrogens with one attached hydrogen (secondary N) is 1. The van der Waals surface area contributed by atoms with E-state index in [1.165, 1.54) is 0 Å². The summed E-state index contributed by atoms with van der Waals surface area (Å²) >= 11 is 5.97. The lowest BCUT2D eigenvalue weighted by Gasteiger charge is -2.14. The van der Waals surface area contributed by atoms with Crippen LogP contribution in [0.3, 0.4) is 0 Å². The second kappa shape index (κ2) is 5.18. The molecule has 1 heterocycles. The lowest BCUT2D eigenvalue weighted by molar-refractivity contribution is -0.118. The SMILES string of the molecule is CC(CC(N)=O)Nc1nnc(Cl)c2ccccc12. The predicted molar refractivity (Wildman–Crippen MR) is 71.4 cm³/mol. The minimum atomic E-state index is -0.360. The molecule has 0 saturated heterocycles. The molecular formula is C12H13ClN4O. The quantitative estimate of drug-likeness (QED) is 0.885. The Balaban J connectivity index is 2.34. The second-order valence-corrected chi connectivity index (χ2v) is 4.46. The van der Waals surface area contributed by atoms with Crippen molar-refractivity contribution in [3.05, 3.63) is 29.4 Å². The highest BCUT2D eigenvalue weighted by molar-refractivity contribution is 6.34.